The molecule has 4 nitrogen and oxygen atoms in total. The third-order valence-corrected chi connectivity index (χ3v) is 0.962. The number of methoxy groups -OCH3 is 1. The second kappa shape index (κ2) is 4.30. The normalized spacial score (nSPS) is 13.8. The topological polar surface area (TPSA) is 47.6 Å². The van der Waals surface area contributed by atoms with E-state index in [0.717, 1.165) is 0 Å². The van der Waals surface area contributed by atoms with Gasteiger partial charge in [0.2, 0.25) is 0 Å². The van der Waals surface area contributed by atoms with Crippen LogP contribution in [0.3, 0.4) is 0 Å². The van der Waals surface area contributed by atoms with Gasteiger partial charge in [-0.2, -0.15) is 0 Å². The van der Waals surface area contributed by atoms with Crippen LogP contribution in [-0.2, 0) is 9.47 Å². The Morgan fingerprint density at radius 3 is 2.33 bits per heavy atom. The minimum atomic E-state index is -0.570. The Balaban J connectivity index is 3.75. The summed E-state index contributed by atoms with van der Waals surface area (Å²) < 4.78 is 9.65. The first-order valence-corrected chi connectivity index (χ1v) is 3.70. The van der Waals surface area contributed by atoms with Crippen LogP contribution in [0, 0.1) is 6.92 Å². The molecule has 0 aromatic rings. The summed E-state index contributed by atoms with van der Waals surface area (Å²) in [5, 5.41) is 2.39. The Labute approximate surface area is 73.2 Å². The highest BCUT2D eigenvalue weighted by atomic mass is 16.6. The van der Waals surface area contributed by atoms with E-state index in [1.165, 1.54) is 7.11 Å². The van der Waals surface area contributed by atoms with E-state index in [1.807, 2.05) is 0 Å². The SMILES string of the molecule is [CH2]C(NC(=O)OC(C)(C)C)OC. The molecule has 1 N–H and O–H groups in total. The fraction of sp³-hybridized carbons (Fsp3) is 0.750. The molecule has 0 bridgehead atoms. The molecular weight excluding hydrogens is 158 g/mol. The predicted octanol–water partition coefficient (Wildman–Crippen LogP) is 1.32. The fourth-order valence-corrected chi connectivity index (χ4v) is 0.498. The highest BCUT2D eigenvalue weighted by Crippen LogP contribution is 2.06. The summed E-state index contributed by atoms with van der Waals surface area (Å²) in [6.45, 7) is 8.86. The van der Waals surface area contributed by atoms with Crippen molar-refractivity contribution < 1.29 is 14.3 Å². The first-order valence-electron chi connectivity index (χ1n) is 3.70. The zero-order valence-corrected chi connectivity index (χ0v) is 8.01. The lowest BCUT2D eigenvalue weighted by Gasteiger charge is -2.21. The lowest BCUT2D eigenvalue weighted by atomic mass is 10.2. The van der Waals surface area contributed by atoms with Gasteiger partial charge in [-0.3, -0.25) is 5.32 Å². The van der Waals surface area contributed by atoms with Gasteiger partial charge >= 0.3 is 6.09 Å². The Morgan fingerprint density at radius 2 is 2.00 bits per heavy atom. The zero-order valence-electron chi connectivity index (χ0n) is 8.01. The van der Waals surface area contributed by atoms with Crippen LogP contribution < -0.4 is 5.32 Å². The van der Waals surface area contributed by atoms with Gasteiger partial charge in [0.1, 0.15) is 11.8 Å². The van der Waals surface area contributed by atoms with Crippen molar-refractivity contribution in [2.45, 2.75) is 32.6 Å². The molecule has 12 heavy (non-hydrogen) atoms. The molecule has 0 fully saturated rings. The van der Waals surface area contributed by atoms with Crippen LogP contribution in [0.1, 0.15) is 20.8 Å². The predicted molar refractivity (Wildman–Crippen MR) is 45.5 cm³/mol. The molecule has 1 atom stereocenters. The van der Waals surface area contributed by atoms with Gasteiger partial charge in [-0.05, 0) is 27.7 Å². The van der Waals surface area contributed by atoms with Crippen LogP contribution in [0.4, 0.5) is 4.79 Å². The maximum atomic E-state index is 11.0. The third-order valence-electron chi connectivity index (χ3n) is 0.962. The molecule has 1 amide bonds. The molecule has 0 spiro atoms. The van der Waals surface area contributed by atoms with E-state index < -0.39 is 17.9 Å². The second-order valence-electron chi connectivity index (χ2n) is 3.37. The van der Waals surface area contributed by atoms with Crippen LogP contribution in [0.25, 0.3) is 0 Å². The summed E-state index contributed by atoms with van der Waals surface area (Å²) in [5.41, 5.74) is -0.489. The number of carbonyl (C=O) groups excluding carboxylic acids is 1. The number of alkyl carbamates (subject to hydrolysis) is 1. The molecule has 71 valence electrons. The lowest BCUT2D eigenvalue weighted by Crippen LogP contribution is -2.38. The van der Waals surface area contributed by atoms with Gasteiger partial charge < -0.3 is 9.47 Å². The minimum Gasteiger partial charge on any atom is -0.444 e. The molecule has 1 radical (unpaired) electrons. The van der Waals surface area contributed by atoms with E-state index in [2.05, 4.69) is 12.2 Å². The van der Waals surface area contributed by atoms with Crippen molar-refractivity contribution in [1.29, 1.82) is 0 Å². The highest BCUT2D eigenvalue weighted by Gasteiger charge is 2.17. The van der Waals surface area contributed by atoms with E-state index in [0.29, 0.717) is 0 Å². The molecule has 0 aliphatic heterocycles. The summed E-state index contributed by atoms with van der Waals surface area (Å²) in [7, 11) is 1.45. The molecule has 0 aliphatic carbocycles. The van der Waals surface area contributed by atoms with Crippen LogP contribution in [0.15, 0.2) is 0 Å². The summed E-state index contributed by atoms with van der Waals surface area (Å²) >= 11 is 0. The maximum Gasteiger partial charge on any atom is 0.409 e. The molecule has 1 unspecified atom stereocenters. The number of amides is 1. The van der Waals surface area contributed by atoms with Crippen molar-refractivity contribution in [3.8, 4) is 0 Å². The third kappa shape index (κ3) is 5.97. The van der Waals surface area contributed by atoms with E-state index in [4.69, 9.17) is 9.47 Å². The van der Waals surface area contributed by atoms with Gasteiger partial charge in [0, 0.05) is 7.11 Å². The summed E-state index contributed by atoms with van der Waals surface area (Å²) in [5.74, 6) is 0. The molecular formula is C8H16NO3. The molecule has 0 aromatic carbocycles. The Kier molecular flexibility index (Phi) is 4.03. The van der Waals surface area contributed by atoms with Gasteiger partial charge in [-0.25, -0.2) is 4.79 Å². The van der Waals surface area contributed by atoms with E-state index in [-0.39, 0.29) is 0 Å². The van der Waals surface area contributed by atoms with Crippen molar-refractivity contribution in [2.75, 3.05) is 7.11 Å². The Bertz CT molecular complexity index is 151. The monoisotopic (exact) mass is 174 g/mol. The van der Waals surface area contributed by atoms with Crippen molar-refractivity contribution in [1.82, 2.24) is 5.32 Å². The largest absolute Gasteiger partial charge is 0.444 e. The summed E-state index contributed by atoms with van der Waals surface area (Å²) in [6, 6.07) is 0. The molecule has 0 rings (SSSR count). The molecule has 4 heteroatoms. The van der Waals surface area contributed by atoms with Crippen LogP contribution in [-0.4, -0.2) is 25.0 Å². The Hall–Kier alpha value is -0.770. The van der Waals surface area contributed by atoms with Gasteiger partial charge in [0.05, 0.1) is 0 Å². The summed E-state index contributed by atoms with van der Waals surface area (Å²) in [6.07, 6.45) is -1.09. The Morgan fingerprint density at radius 1 is 1.50 bits per heavy atom. The summed E-state index contributed by atoms with van der Waals surface area (Å²) in [4.78, 5) is 11.0. The average Bonchev–Trinajstić information content (AvgIpc) is 1.82. The molecule has 0 aromatic heterocycles. The quantitative estimate of drug-likeness (QED) is 0.642. The van der Waals surface area contributed by atoms with Crippen molar-refractivity contribution in [3.63, 3.8) is 0 Å². The number of rotatable bonds is 2. The van der Waals surface area contributed by atoms with E-state index >= 15 is 0 Å². The van der Waals surface area contributed by atoms with Crippen molar-refractivity contribution in [2.24, 2.45) is 0 Å². The number of hydrogen-bond donors (Lipinski definition) is 1. The minimum absolute atomic E-state index is 0.489. The van der Waals surface area contributed by atoms with Gasteiger partial charge in [-0.1, -0.05) is 0 Å². The number of hydrogen-bond acceptors (Lipinski definition) is 3. The lowest BCUT2D eigenvalue weighted by molar-refractivity contribution is 0.0340. The number of nitrogens with one attached hydrogen (secondary N) is 1. The van der Waals surface area contributed by atoms with Crippen LogP contribution >= 0.6 is 0 Å². The van der Waals surface area contributed by atoms with E-state index in [9.17, 15) is 4.79 Å². The fourth-order valence-electron chi connectivity index (χ4n) is 0.498. The van der Waals surface area contributed by atoms with Gasteiger partial charge in [-0.15, -0.1) is 0 Å². The molecule has 0 aliphatic rings. The first kappa shape index (κ1) is 11.2. The molecule has 0 saturated carbocycles. The van der Waals surface area contributed by atoms with Crippen LogP contribution in [0.2, 0.25) is 0 Å². The van der Waals surface area contributed by atoms with Crippen molar-refractivity contribution >= 4 is 6.09 Å². The maximum absolute atomic E-state index is 11.0. The smallest absolute Gasteiger partial charge is 0.409 e. The van der Waals surface area contributed by atoms with Crippen LogP contribution in [0.5, 0.6) is 0 Å². The average molecular weight is 174 g/mol. The van der Waals surface area contributed by atoms with Gasteiger partial charge in [0.25, 0.3) is 0 Å². The number of ether oxygens (including phenoxy) is 2. The second-order valence-corrected chi connectivity index (χ2v) is 3.37. The number of carbonyl (C=O) groups is 1. The standard InChI is InChI=1S/C8H16NO3/c1-6(11-5)9-7(10)12-8(2,3)4/h6H,1H2,2-5H3,(H,9,10). The first-order chi connectivity index (χ1) is 5.35. The van der Waals surface area contributed by atoms with Crippen molar-refractivity contribution in [3.05, 3.63) is 6.92 Å². The molecule has 0 saturated heterocycles. The highest BCUT2D eigenvalue weighted by molar-refractivity contribution is 5.67. The zero-order chi connectivity index (χ0) is 9.78. The van der Waals surface area contributed by atoms with E-state index in [1.54, 1.807) is 20.8 Å². The van der Waals surface area contributed by atoms with Gasteiger partial charge in [0.15, 0.2) is 0 Å². The molecule has 0 heterocycles.